The summed E-state index contributed by atoms with van der Waals surface area (Å²) in [5.74, 6) is -1.77. The molecule has 0 aliphatic heterocycles. The normalized spacial score (nSPS) is 13.3. The Kier molecular flexibility index (Phi) is 42.0. The molecule has 354 valence electrons. The summed E-state index contributed by atoms with van der Waals surface area (Å²) in [6.07, 6.45) is 52.9. The Hall–Kier alpha value is -2.71. The lowest BCUT2D eigenvalue weighted by Gasteiger charge is -2.34. The summed E-state index contributed by atoms with van der Waals surface area (Å²) in [5.41, 5.74) is 0. The number of quaternary nitrogens is 1. The number of carbonyl (C=O) groups excluding carboxylic acids is 3. The first-order valence-electron chi connectivity index (χ1n) is 25.2. The van der Waals surface area contributed by atoms with Gasteiger partial charge in [-0.05, 0) is 70.6 Å². The average molecular weight is 858 g/mol. The Bertz CT molecular complexity index is 1140. The van der Waals surface area contributed by atoms with E-state index >= 15 is 0 Å². The Labute approximate surface area is 376 Å². The fraction of sp³-hybridized carbons (Fsp3) is 0.792. The molecule has 0 heterocycles. The van der Waals surface area contributed by atoms with Gasteiger partial charge in [0.1, 0.15) is 12.6 Å². The van der Waals surface area contributed by atoms with Gasteiger partial charge in [-0.2, -0.15) is 0 Å². The van der Waals surface area contributed by atoms with Crippen molar-refractivity contribution >= 4 is 17.9 Å². The number of carboxylic acids is 1. The van der Waals surface area contributed by atoms with Gasteiger partial charge < -0.3 is 28.6 Å². The molecule has 0 aromatic heterocycles. The van der Waals surface area contributed by atoms with Crippen molar-refractivity contribution in [2.45, 2.75) is 231 Å². The quantitative estimate of drug-likeness (QED) is 0.0260. The fourth-order valence-corrected chi connectivity index (χ4v) is 7.32. The van der Waals surface area contributed by atoms with E-state index in [1.807, 2.05) is 0 Å². The van der Waals surface area contributed by atoms with E-state index in [4.69, 9.17) is 14.2 Å². The molecule has 0 aromatic carbocycles. The van der Waals surface area contributed by atoms with E-state index in [0.717, 1.165) is 70.6 Å². The van der Waals surface area contributed by atoms with Crippen LogP contribution in [-0.4, -0.2) is 75.5 Å². The summed E-state index contributed by atoms with van der Waals surface area (Å²) >= 11 is 0. The zero-order valence-corrected chi connectivity index (χ0v) is 40.3. The van der Waals surface area contributed by atoms with Crippen molar-refractivity contribution in [3.63, 3.8) is 0 Å². The van der Waals surface area contributed by atoms with Crippen LogP contribution in [-0.2, 0) is 28.6 Å². The van der Waals surface area contributed by atoms with Crippen LogP contribution in [0.2, 0.25) is 0 Å². The van der Waals surface area contributed by atoms with Crippen molar-refractivity contribution in [3.8, 4) is 0 Å². The van der Waals surface area contributed by atoms with Gasteiger partial charge in [-0.1, -0.05) is 178 Å². The Morgan fingerprint density at radius 2 is 0.918 bits per heavy atom. The van der Waals surface area contributed by atoms with Gasteiger partial charge >= 0.3 is 11.9 Å². The van der Waals surface area contributed by atoms with Gasteiger partial charge in [0.15, 0.2) is 6.10 Å². The van der Waals surface area contributed by atoms with Crippen LogP contribution < -0.4 is 5.11 Å². The summed E-state index contributed by atoms with van der Waals surface area (Å²) in [6, 6.07) is -0.732. The van der Waals surface area contributed by atoms with Crippen LogP contribution in [0, 0.1) is 0 Å². The smallest absolute Gasteiger partial charge is 0.306 e. The second kappa shape index (κ2) is 43.9. The lowest BCUT2D eigenvalue weighted by molar-refractivity contribution is -0.889. The predicted octanol–water partition coefficient (Wildman–Crippen LogP) is 13.0. The Morgan fingerprint density at radius 3 is 1.38 bits per heavy atom. The molecule has 8 nitrogen and oxygen atoms in total. The lowest BCUT2D eigenvalue weighted by Crippen LogP contribution is -2.55. The minimum atomic E-state index is -1.13. The zero-order valence-electron chi connectivity index (χ0n) is 40.3. The second-order valence-electron chi connectivity index (χ2n) is 18.0. The molecule has 2 unspecified atom stereocenters. The third-order valence-electron chi connectivity index (χ3n) is 11.2. The van der Waals surface area contributed by atoms with Crippen molar-refractivity contribution in [2.24, 2.45) is 0 Å². The number of nitrogens with zero attached hydrogens (tertiary/aromatic N) is 1. The van der Waals surface area contributed by atoms with Gasteiger partial charge in [-0.3, -0.25) is 9.59 Å². The fourth-order valence-electron chi connectivity index (χ4n) is 7.32. The maximum atomic E-state index is 12.7. The molecule has 0 saturated heterocycles. The molecule has 0 spiro atoms. The highest BCUT2D eigenvalue weighted by atomic mass is 16.6. The molecule has 0 radical (unpaired) electrons. The van der Waals surface area contributed by atoms with Crippen molar-refractivity contribution in [1.29, 1.82) is 0 Å². The van der Waals surface area contributed by atoms with Gasteiger partial charge in [0, 0.05) is 19.3 Å². The molecule has 61 heavy (non-hydrogen) atoms. The lowest BCUT2D eigenvalue weighted by atomic mass is 10.0. The van der Waals surface area contributed by atoms with E-state index in [1.54, 1.807) is 21.1 Å². The van der Waals surface area contributed by atoms with Crippen molar-refractivity contribution in [3.05, 3.63) is 48.6 Å². The van der Waals surface area contributed by atoms with Gasteiger partial charge in [0.25, 0.3) is 0 Å². The number of ether oxygens (including phenoxy) is 3. The molecule has 0 N–H and O–H groups in total. The monoisotopic (exact) mass is 858 g/mol. The average Bonchev–Trinajstić information content (AvgIpc) is 3.22. The topological polar surface area (TPSA) is 102 Å². The summed E-state index contributed by atoms with van der Waals surface area (Å²) in [6.45, 7) is 4.54. The van der Waals surface area contributed by atoms with Crippen LogP contribution in [0.5, 0.6) is 0 Å². The minimum Gasteiger partial charge on any atom is -0.544 e. The summed E-state index contributed by atoms with van der Waals surface area (Å²) < 4.78 is 17.2. The first-order chi connectivity index (χ1) is 29.6. The number of carbonyl (C=O) groups is 3. The molecule has 0 rings (SSSR count). The predicted molar refractivity (Wildman–Crippen MR) is 254 cm³/mol. The van der Waals surface area contributed by atoms with E-state index in [1.165, 1.54) is 116 Å². The number of rotatable bonds is 45. The van der Waals surface area contributed by atoms with E-state index < -0.39 is 18.1 Å². The van der Waals surface area contributed by atoms with E-state index in [-0.39, 0.29) is 42.7 Å². The van der Waals surface area contributed by atoms with Gasteiger partial charge in [-0.25, -0.2) is 0 Å². The number of hydrogen-bond donors (Lipinski definition) is 0. The molecule has 8 heteroatoms. The van der Waals surface area contributed by atoms with Crippen LogP contribution in [0.4, 0.5) is 0 Å². The molecule has 0 amide bonds. The second-order valence-corrected chi connectivity index (χ2v) is 18.0. The third kappa shape index (κ3) is 42.4. The molecule has 0 aliphatic carbocycles. The van der Waals surface area contributed by atoms with E-state index in [9.17, 15) is 19.5 Å². The number of esters is 2. The van der Waals surface area contributed by atoms with Gasteiger partial charge in [-0.15, -0.1) is 0 Å². The first kappa shape index (κ1) is 58.3. The van der Waals surface area contributed by atoms with Crippen LogP contribution in [0.3, 0.4) is 0 Å². The maximum Gasteiger partial charge on any atom is 0.306 e. The summed E-state index contributed by atoms with van der Waals surface area (Å²) in [7, 11) is 5.40. The number of unbranched alkanes of at least 4 members (excludes halogenated alkanes) is 23. The number of likely N-dealkylation sites (N-methyl/N-ethyl adjacent to an activating group) is 1. The number of allylic oxidation sites excluding steroid dienone is 8. The standard InChI is InChI=1S/C53H95NO7/c1-6-8-10-12-14-16-18-20-22-23-24-25-26-27-28-29-30-32-33-35-37-39-41-43-51(55)60-48-49(47-59-46-45-50(53(57)58)54(3,4)5)61-52(56)44-42-40-38-36-34-31-21-19-17-15-13-11-9-7-2/h9,11,15,17,21,27-28,31,49-50H,6-8,10,12-14,16,18-20,22-26,29-30,32-48H2,1-5H3/b11-9+,17-15+,28-27+,31-21+. The highest BCUT2D eigenvalue weighted by Crippen LogP contribution is 2.15. The van der Waals surface area contributed by atoms with Gasteiger partial charge in [0.2, 0.25) is 0 Å². The van der Waals surface area contributed by atoms with Crippen molar-refractivity contribution < 1.29 is 38.2 Å². The maximum absolute atomic E-state index is 12.7. The van der Waals surface area contributed by atoms with Crippen LogP contribution in [0.25, 0.3) is 0 Å². The molecule has 0 bridgehead atoms. The molecule has 0 saturated carbocycles. The van der Waals surface area contributed by atoms with Crippen LogP contribution >= 0.6 is 0 Å². The SMILES string of the molecule is CC/C=C/C/C=C/C/C=C/CCCCCCC(=O)OC(COCCC(C(=O)[O-])[N+](C)(C)C)COC(=O)CCCCCCCCC/C=C/CCCCCCCCCCCCCC. The molecule has 0 fully saturated rings. The first-order valence-corrected chi connectivity index (χ1v) is 25.2. The Balaban J connectivity index is 4.22. The molecular weight excluding hydrogens is 763 g/mol. The summed E-state index contributed by atoms with van der Waals surface area (Å²) in [4.78, 5) is 37.0. The van der Waals surface area contributed by atoms with E-state index in [0.29, 0.717) is 12.8 Å². The largest absolute Gasteiger partial charge is 0.544 e. The third-order valence-corrected chi connectivity index (χ3v) is 11.2. The Morgan fingerprint density at radius 1 is 0.508 bits per heavy atom. The highest BCUT2D eigenvalue weighted by molar-refractivity contribution is 5.70. The number of carboxylic acid groups (broad SMARTS) is 1. The molecular formula is C53H95NO7. The van der Waals surface area contributed by atoms with E-state index in [2.05, 4.69) is 62.5 Å². The van der Waals surface area contributed by atoms with Crippen molar-refractivity contribution in [2.75, 3.05) is 41.0 Å². The van der Waals surface area contributed by atoms with Crippen molar-refractivity contribution in [1.82, 2.24) is 0 Å². The molecule has 0 aliphatic rings. The molecule has 2 atom stereocenters. The minimum absolute atomic E-state index is 0.0299. The number of hydrogen-bond acceptors (Lipinski definition) is 7. The van der Waals surface area contributed by atoms with Crippen LogP contribution in [0.1, 0.15) is 219 Å². The highest BCUT2D eigenvalue weighted by Gasteiger charge is 2.25. The zero-order chi connectivity index (χ0) is 44.9. The van der Waals surface area contributed by atoms with Gasteiger partial charge in [0.05, 0.1) is 40.3 Å². The summed E-state index contributed by atoms with van der Waals surface area (Å²) in [5, 5.41) is 11.6. The van der Waals surface area contributed by atoms with Crippen LogP contribution in [0.15, 0.2) is 48.6 Å². The number of aliphatic carboxylic acids is 1. The molecule has 0 aromatic rings.